The summed E-state index contributed by atoms with van der Waals surface area (Å²) in [5.74, 6) is 0.0820. The Kier molecular flexibility index (Phi) is 5.78. The Hall–Kier alpha value is -4.46. The second-order valence-electron chi connectivity index (χ2n) is 8.07. The maximum atomic E-state index is 12.8. The summed E-state index contributed by atoms with van der Waals surface area (Å²) in [6.07, 6.45) is 0.436. The van der Waals surface area contributed by atoms with E-state index in [0.29, 0.717) is 33.9 Å². The Morgan fingerprint density at radius 3 is 2.54 bits per heavy atom. The molecule has 0 bridgehead atoms. The molecule has 2 heterocycles. The van der Waals surface area contributed by atoms with Gasteiger partial charge in [-0.3, -0.25) is 9.59 Å². The quantitative estimate of drug-likeness (QED) is 0.313. The average molecular weight is 473 g/mol. The van der Waals surface area contributed by atoms with E-state index in [4.69, 9.17) is 23.0 Å². The van der Waals surface area contributed by atoms with Crippen molar-refractivity contribution in [1.29, 1.82) is 0 Å². The number of furan rings is 2. The first kappa shape index (κ1) is 22.3. The predicted octanol–water partition coefficient (Wildman–Crippen LogP) is 5.46. The van der Waals surface area contributed by atoms with E-state index in [1.165, 1.54) is 20.3 Å². The van der Waals surface area contributed by atoms with Crippen molar-refractivity contribution in [1.82, 2.24) is 0 Å². The van der Waals surface area contributed by atoms with Crippen LogP contribution in [0, 0.1) is 0 Å². The number of para-hydroxylation sites is 1. The van der Waals surface area contributed by atoms with Gasteiger partial charge in [-0.25, -0.2) is 0 Å². The van der Waals surface area contributed by atoms with Crippen LogP contribution < -0.4 is 14.8 Å². The van der Waals surface area contributed by atoms with Crippen LogP contribution in [-0.4, -0.2) is 32.2 Å². The number of carbonyl (C=O) groups excluding carboxylic acids is 2. The zero-order valence-corrected chi connectivity index (χ0v) is 19.4. The molecule has 0 aliphatic carbocycles. The number of hydrogen-bond donors (Lipinski definition) is 1. The number of methoxy groups -OCH3 is 2. The summed E-state index contributed by atoms with van der Waals surface area (Å²) in [5, 5.41) is 5.38. The highest BCUT2D eigenvalue weighted by molar-refractivity contribution is 6.08. The first-order valence-electron chi connectivity index (χ1n) is 11.0. The van der Waals surface area contributed by atoms with Crippen LogP contribution in [0.4, 0.5) is 5.69 Å². The van der Waals surface area contributed by atoms with E-state index in [1.54, 1.807) is 25.3 Å². The van der Waals surface area contributed by atoms with Gasteiger partial charge in [-0.15, -0.1) is 0 Å². The fraction of sp³-hybridized carbons (Fsp3) is 0.185. The lowest BCUT2D eigenvalue weighted by atomic mass is 10.1. The van der Waals surface area contributed by atoms with Crippen molar-refractivity contribution in [3.8, 4) is 11.5 Å². The molecule has 3 aromatic carbocycles. The van der Waals surface area contributed by atoms with E-state index in [2.05, 4.69) is 5.32 Å². The van der Waals surface area contributed by atoms with Gasteiger partial charge in [-0.1, -0.05) is 18.2 Å². The zero-order chi connectivity index (χ0) is 24.5. The SMILES string of the molecule is COc1ccc2c(CC(=O)OC(C)C(=O)Nc3cc4oc5ccccc5c4cc3OC)coc2c1. The van der Waals surface area contributed by atoms with Crippen molar-refractivity contribution in [2.24, 2.45) is 0 Å². The maximum Gasteiger partial charge on any atom is 0.311 e. The first-order chi connectivity index (χ1) is 17.0. The van der Waals surface area contributed by atoms with Crippen LogP contribution in [-0.2, 0) is 20.7 Å². The molecule has 8 nitrogen and oxygen atoms in total. The van der Waals surface area contributed by atoms with E-state index >= 15 is 0 Å². The van der Waals surface area contributed by atoms with Gasteiger partial charge < -0.3 is 28.4 Å². The number of nitrogens with one attached hydrogen (secondary N) is 1. The van der Waals surface area contributed by atoms with Crippen molar-refractivity contribution in [3.63, 3.8) is 0 Å². The number of hydrogen-bond acceptors (Lipinski definition) is 7. The van der Waals surface area contributed by atoms with Crippen molar-refractivity contribution < 1.29 is 32.6 Å². The van der Waals surface area contributed by atoms with Gasteiger partial charge in [0.05, 0.1) is 32.6 Å². The standard InChI is InChI=1S/C27H23NO7/c1-15(34-26(29)10-16-14-33-23-11-17(31-2)8-9-18(16)23)27(30)28-21-13-24-20(12-25(21)32-3)19-6-4-5-7-22(19)35-24/h4-9,11-15H,10H2,1-3H3,(H,28,30). The highest BCUT2D eigenvalue weighted by Gasteiger charge is 2.22. The first-order valence-corrected chi connectivity index (χ1v) is 11.0. The van der Waals surface area contributed by atoms with Gasteiger partial charge in [0, 0.05) is 33.9 Å². The van der Waals surface area contributed by atoms with Gasteiger partial charge in [0.1, 0.15) is 28.2 Å². The van der Waals surface area contributed by atoms with Gasteiger partial charge in [0.2, 0.25) is 0 Å². The number of rotatable bonds is 7. The van der Waals surface area contributed by atoms with Crippen LogP contribution in [0.1, 0.15) is 12.5 Å². The summed E-state index contributed by atoms with van der Waals surface area (Å²) in [7, 11) is 3.09. The van der Waals surface area contributed by atoms with Gasteiger partial charge in [-0.05, 0) is 31.2 Å². The Morgan fingerprint density at radius 2 is 1.74 bits per heavy atom. The lowest BCUT2D eigenvalue weighted by Crippen LogP contribution is -2.30. The van der Waals surface area contributed by atoms with Gasteiger partial charge in [-0.2, -0.15) is 0 Å². The molecule has 8 heteroatoms. The second-order valence-corrected chi connectivity index (χ2v) is 8.07. The molecular formula is C27H23NO7. The van der Waals surface area contributed by atoms with Crippen molar-refractivity contribution in [2.45, 2.75) is 19.4 Å². The molecule has 0 radical (unpaired) electrons. The largest absolute Gasteiger partial charge is 0.497 e. The monoisotopic (exact) mass is 473 g/mol. The number of ether oxygens (including phenoxy) is 3. The number of anilines is 1. The molecule has 5 aromatic rings. The molecule has 0 aliphatic rings. The second kappa shape index (κ2) is 9.06. The Morgan fingerprint density at radius 1 is 0.914 bits per heavy atom. The number of carbonyl (C=O) groups is 2. The molecule has 1 N–H and O–H groups in total. The molecule has 0 spiro atoms. The number of amides is 1. The van der Waals surface area contributed by atoms with Crippen LogP contribution in [0.25, 0.3) is 32.9 Å². The van der Waals surface area contributed by atoms with E-state index in [-0.39, 0.29) is 6.42 Å². The zero-order valence-electron chi connectivity index (χ0n) is 19.4. The van der Waals surface area contributed by atoms with Crippen molar-refractivity contribution in [3.05, 3.63) is 66.4 Å². The van der Waals surface area contributed by atoms with Crippen molar-refractivity contribution >= 4 is 50.5 Å². The molecule has 0 fully saturated rings. The molecular weight excluding hydrogens is 450 g/mol. The minimum atomic E-state index is -1.03. The molecule has 0 saturated heterocycles. The molecule has 35 heavy (non-hydrogen) atoms. The van der Waals surface area contributed by atoms with Gasteiger partial charge in [0.25, 0.3) is 5.91 Å². The van der Waals surface area contributed by atoms with E-state index in [1.807, 2.05) is 36.4 Å². The Balaban J connectivity index is 1.29. The minimum absolute atomic E-state index is 0.0365. The predicted molar refractivity (Wildman–Crippen MR) is 131 cm³/mol. The number of fused-ring (bicyclic) bond motifs is 4. The molecule has 0 aliphatic heterocycles. The summed E-state index contributed by atoms with van der Waals surface area (Å²) in [6, 6.07) is 16.5. The number of esters is 1. The Bertz CT molecular complexity index is 1560. The Labute approximate surface area is 200 Å². The fourth-order valence-corrected chi connectivity index (χ4v) is 4.03. The highest BCUT2D eigenvalue weighted by Crippen LogP contribution is 2.36. The lowest BCUT2D eigenvalue weighted by molar-refractivity contribution is -0.152. The minimum Gasteiger partial charge on any atom is -0.497 e. The smallest absolute Gasteiger partial charge is 0.311 e. The van der Waals surface area contributed by atoms with E-state index in [9.17, 15) is 9.59 Å². The van der Waals surface area contributed by atoms with Crippen LogP contribution in [0.2, 0.25) is 0 Å². The molecule has 178 valence electrons. The van der Waals surface area contributed by atoms with E-state index in [0.717, 1.165) is 21.7 Å². The number of benzene rings is 3. The molecule has 0 saturated carbocycles. The normalized spacial score (nSPS) is 12.1. The van der Waals surface area contributed by atoms with Crippen LogP contribution in [0.3, 0.4) is 0 Å². The summed E-state index contributed by atoms with van der Waals surface area (Å²) in [5.41, 5.74) is 3.03. The maximum absolute atomic E-state index is 12.8. The van der Waals surface area contributed by atoms with Crippen LogP contribution in [0.15, 0.2) is 69.7 Å². The third-order valence-corrected chi connectivity index (χ3v) is 5.83. The van der Waals surface area contributed by atoms with Gasteiger partial charge in [0.15, 0.2) is 6.10 Å². The molecule has 1 atom stereocenters. The third kappa shape index (κ3) is 4.26. The lowest BCUT2D eigenvalue weighted by Gasteiger charge is -2.15. The summed E-state index contributed by atoms with van der Waals surface area (Å²) >= 11 is 0. The van der Waals surface area contributed by atoms with Crippen molar-refractivity contribution in [2.75, 3.05) is 19.5 Å². The molecule has 1 amide bonds. The summed E-state index contributed by atoms with van der Waals surface area (Å²) in [6.45, 7) is 1.51. The topological polar surface area (TPSA) is 100 Å². The average Bonchev–Trinajstić information content (AvgIpc) is 3.43. The van der Waals surface area contributed by atoms with Gasteiger partial charge >= 0.3 is 5.97 Å². The third-order valence-electron chi connectivity index (χ3n) is 5.83. The molecule has 2 aromatic heterocycles. The fourth-order valence-electron chi connectivity index (χ4n) is 4.03. The van der Waals surface area contributed by atoms with Crippen LogP contribution in [0.5, 0.6) is 11.5 Å². The van der Waals surface area contributed by atoms with E-state index < -0.39 is 18.0 Å². The van der Waals surface area contributed by atoms with Crippen LogP contribution >= 0.6 is 0 Å². The highest BCUT2D eigenvalue weighted by atomic mass is 16.5. The summed E-state index contributed by atoms with van der Waals surface area (Å²) < 4.78 is 27.5. The summed E-state index contributed by atoms with van der Waals surface area (Å²) in [4.78, 5) is 25.3. The molecule has 1 unspecified atom stereocenters. The molecule has 5 rings (SSSR count).